The van der Waals surface area contributed by atoms with Crippen molar-refractivity contribution in [3.05, 3.63) is 22.1 Å². The van der Waals surface area contributed by atoms with Gasteiger partial charge in [0, 0.05) is 19.2 Å². The van der Waals surface area contributed by atoms with Crippen LogP contribution in [-0.2, 0) is 20.7 Å². The van der Waals surface area contributed by atoms with Gasteiger partial charge in [-0.15, -0.1) is 0 Å². The second kappa shape index (κ2) is 7.26. The van der Waals surface area contributed by atoms with Crippen LogP contribution in [0.15, 0.2) is 16.0 Å². The molecule has 1 aromatic heterocycles. The molecule has 0 radical (unpaired) electrons. The summed E-state index contributed by atoms with van der Waals surface area (Å²) < 4.78 is 4.54. The van der Waals surface area contributed by atoms with E-state index >= 15 is 0 Å². The highest BCUT2D eigenvalue weighted by Crippen LogP contribution is 2.15. The van der Waals surface area contributed by atoms with Gasteiger partial charge in [0.2, 0.25) is 5.91 Å². The van der Waals surface area contributed by atoms with Crippen LogP contribution in [0, 0.1) is 0 Å². The molecule has 0 atom stereocenters. The third-order valence-corrected chi connectivity index (χ3v) is 3.98. The van der Waals surface area contributed by atoms with Gasteiger partial charge in [0.15, 0.2) is 5.16 Å². The number of rotatable bonds is 5. The lowest BCUT2D eigenvalue weighted by atomic mass is 10.3. The van der Waals surface area contributed by atoms with Gasteiger partial charge in [-0.1, -0.05) is 11.8 Å². The number of likely N-dealkylation sites (tertiary alicyclic amines) is 1. The van der Waals surface area contributed by atoms with E-state index in [4.69, 9.17) is 0 Å². The fourth-order valence-corrected chi connectivity index (χ4v) is 2.85. The van der Waals surface area contributed by atoms with E-state index in [0.717, 1.165) is 25.9 Å². The molecule has 1 aliphatic heterocycles. The molecule has 0 aliphatic carbocycles. The number of methoxy groups -OCH3 is 1. The van der Waals surface area contributed by atoms with Gasteiger partial charge in [0.05, 0.1) is 25.0 Å². The zero-order valence-electron chi connectivity index (χ0n) is 11.8. The first kappa shape index (κ1) is 15.6. The molecular weight excluding hydrogens is 294 g/mol. The number of esters is 1. The number of hydrogen-bond donors (Lipinski definition) is 1. The summed E-state index contributed by atoms with van der Waals surface area (Å²) in [5.74, 6) is -0.194. The van der Waals surface area contributed by atoms with Crippen molar-refractivity contribution in [2.45, 2.75) is 24.4 Å². The van der Waals surface area contributed by atoms with Gasteiger partial charge in [0.25, 0.3) is 5.56 Å². The van der Waals surface area contributed by atoms with Crippen molar-refractivity contribution in [3.8, 4) is 0 Å². The van der Waals surface area contributed by atoms with Crippen LogP contribution in [0.4, 0.5) is 0 Å². The second-order valence-electron chi connectivity index (χ2n) is 4.67. The van der Waals surface area contributed by atoms with Gasteiger partial charge in [-0.25, -0.2) is 4.98 Å². The highest BCUT2D eigenvalue weighted by atomic mass is 32.2. The van der Waals surface area contributed by atoms with Crippen LogP contribution in [0.25, 0.3) is 0 Å². The average Bonchev–Trinajstić information content (AvgIpc) is 2.98. The van der Waals surface area contributed by atoms with E-state index < -0.39 is 5.97 Å². The molecule has 21 heavy (non-hydrogen) atoms. The molecule has 1 amide bonds. The molecule has 0 aromatic carbocycles. The Morgan fingerprint density at radius 1 is 1.43 bits per heavy atom. The average molecular weight is 311 g/mol. The highest BCUT2D eigenvalue weighted by Gasteiger charge is 2.18. The molecule has 1 aromatic rings. The van der Waals surface area contributed by atoms with Crippen molar-refractivity contribution < 1.29 is 14.3 Å². The van der Waals surface area contributed by atoms with Crippen LogP contribution >= 0.6 is 11.8 Å². The fraction of sp³-hybridized carbons (Fsp3) is 0.538. The van der Waals surface area contributed by atoms with Crippen molar-refractivity contribution in [2.24, 2.45) is 0 Å². The number of carbonyl (C=O) groups is 2. The van der Waals surface area contributed by atoms with Crippen LogP contribution in [0.5, 0.6) is 0 Å². The smallest absolute Gasteiger partial charge is 0.311 e. The molecule has 8 heteroatoms. The summed E-state index contributed by atoms with van der Waals surface area (Å²) in [5.41, 5.74) is -0.0123. The van der Waals surface area contributed by atoms with E-state index in [1.54, 1.807) is 0 Å². The number of thioether (sulfide) groups is 1. The molecule has 1 N–H and O–H groups in total. The van der Waals surface area contributed by atoms with Gasteiger partial charge in [-0.2, -0.15) is 0 Å². The Labute approximate surface area is 126 Å². The minimum absolute atomic E-state index is 0.0403. The van der Waals surface area contributed by atoms with E-state index in [1.807, 2.05) is 4.90 Å². The maximum atomic E-state index is 11.9. The molecule has 0 saturated carbocycles. The predicted octanol–water partition coefficient (Wildman–Crippen LogP) is 0.200. The topological polar surface area (TPSA) is 92.4 Å². The minimum Gasteiger partial charge on any atom is -0.469 e. The first-order valence-electron chi connectivity index (χ1n) is 6.66. The molecule has 114 valence electrons. The summed E-state index contributed by atoms with van der Waals surface area (Å²) in [7, 11) is 1.28. The highest BCUT2D eigenvalue weighted by molar-refractivity contribution is 7.99. The standard InChI is InChI=1S/C13H17N3O4S/c1-20-12(19)7-9-6-10(17)15-13(14-9)21-8-11(18)16-4-2-3-5-16/h6H,2-5,7-8H2,1H3,(H,14,15,17). The summed E-state index contributed by atoms with van der Waals surface area (Å²) in [5, 5.41) is 0.342. The third-order valence-electron chi connectivity index (χ3n) is 3.12. The zero-order chi connectivity index (χ0) is 15.2. The summed E-state index contributed by atoms with van der Waals surface area (Å²) in [6, 6.07) is 1.25. The number of ether oxygens (including phenoxy) is 1. The first-order valence-corrected chi connectivity index (χ1v) is 7.64. The monoisotopic (exact) mass is 311 g/mol. The number of nitrogens with zero attached hydrogens (tertiary/aromatic N) is 2. The zero-order valence-corrected chi connectivity index (χ0v) is 12.6. The molecule has 2 rings (SSSR count). The van der Waals surface area contributed by atoms with Gasteiger partial charge in [-0.05, 0) is 12.8 Å². The van der Waals surface area contributed by atoms with E-state index in [1.165, 1.54) is 24.9 Å². The Morgan fingerprint density at radius 2 is 2.14 bits per heavy atom. The Bertz CT molecular complexity index is 581. The van der Waals surface area contributed by atoms with Gasteiger partial charge in [-0.3, -0.25) is 14.4 Å². The predicted molar refractivity (Wildman–Crippen MR) is 77.1 cm³/mol. The maximum absolute atomic E-state index is 11.9. The molecule has 7 nitrogen and oxygen atoms in total. The Morgan fingerprint density at radius 3 is 2.81 bits per heavy atom. The second-order valence-corrected chi connectivity index (χ2v) is 5.64. The Hall–Kier alpha value is -1.83. The number of carbonyl (C=O) groups excluding carboxylic acids is 2. The van der Waals surface area contributed by atoms with Crippen molar-refractivity contribution in [1.29, 1.82) is 0 Å². The molecule has 1 fully saturated rings. The van der Waals surface area contributed by atoms with E-state index in [0.29, 0.717) is 10.9 Å². The molecule has 0 unspecified atom stereocenters. The van der Waals surface area contributed by atoms with Crippen LogP contribution in [0.1, 0.15) is 18.5 Å². The maximum Gasteiger partial charge on any atom is 0.311 e. The first-order chi connectivity index (χ1) is 10.1. The molecule has 1 saturated heterocycles. The van der Waals surface area contributed by atoms with Gasteiger partial charge >= 0.3 is 5.97 Å². The lowest BCUT2D eigenvalue weighted by Crippen LogP contribution is -2.29. The van der Waals surface area contributed by atoms with Crippen LogP contribution in [-0.4, -0.2) is 52.7 Å². The Kier molecular flexibility index (Phi) is 5.38. The summed E-state index contributed by atoms with van der Waals surface area (Å²) >= 11 is 1.17. The normalized spacial score (nSPS) is 14.2. The molecular formula is C13H17N3O4S. The summed E-state index contributed by atoms with van der Waals surface area (Å²) in [6.45, 7) is 1.59. The molecule has 0 spiro atoms. The lowest BCUT2D eigenvalue weighted by Gasteiger charge is -2.14. The number of H-pyrrole nitrogens is 1. The van der Waals surface area contributed by atoms with Crippen LogP contribution < -0.4 is 5.56 Å². The van der Waals surface area contributed by atoms with E-state index in [-0.39, 0.29) is 23.6 Å². The number of nitrogens with one attached hydrogen (secondary N) is 1. The van der Waals surface area contributed by atoms with Crippen molar-refractivity contribution >= 4 is 23.6 Å². The third kappa shape index (κ3) is 4.59. The quantitative estimate of drug-likeness (QED) is 0.474. The van der Waals surface area contributed by atoms with Crippen LogP contribution in [0.2, 0.25) is 0 Å². The molecule has 0 bridgehead atoms. The van der Waals surface area contributed by atoms with Gasteiger partial charge in [0.1, 0.15) is 0 Å². The van der Waals surface area contributed by atoms with Crippen molar-refractivity contribution in [1.82, 2.24) is 14.9 Å². The SMILES string of the molecule is COC(=O)Cc1cc(=O)[nH]c(SCC(=O)N2CCCC2)n1. The summed E-state index contributed by atoms with van der Waals surface area (Å²) in [4.78, 5) is 43.2. The number of aromatic amines is 1. The molecule has 1 aliphatic rings. The Balaban J connectivity index is 1.97. The number of amides is 1. The van der Waals surface area contributed by atoms with Gasteiger partial charge < -0.3 is 14.6 Å². The van der Waals surface area contributed by atoms with Crippen molar-refractivity contribution in [2.75, 3.05) is 26.0 Å². The largest absolute Gasteiger partial charge is 0.469 e. The lowest BCUT2D eigenvalue weighted by molar-refractivity contribution is -0.139. The fourth-order valence-electron chi connectivity index (χ4n) is 2.05. The summed E-state index contributed by atoms with van der Waals surface area (Å²) in [6.07, 6.45) is 2.02. The van der Waals surface area contributed by atoms with Crippen molar-refractivity contribution in [3.63, 3.8) is 0 Å². The molecule has 2 heterocycles. The van der Waals surface area contributed by atoms with E-state index in [9.17, 15) is 14.4 Å². The number of hydrogen-bond acceptors (Lipinski definition) is 6. The number of aromatic nitrogens is 2. The van der Waals surface area contributed by atoms with Crippen LogP contribution in [0.3, 0.4) is 0 Å². The van der Waals surface area contributed by atoms with E-state index in [2.05, 4.69) is 14.7 Å². The minimum atomic E-state index is -0.461.